The van der Waals surface area contributed by atoms with Crippen LogP contribution in [-0.4, -0.2) is 130 Å². The monoisotopic (exact) mass is 1800 g/mol. The number of halogens is 10. The maximum Gasteiger partial charge on any atom is 0.414 e. The molecule has 5 amide bonds. The van der Waals surface area contributed by atoms with Crippen LogP contribution >= 0.6 is 27.7 Å². The van der Waals surface area contributed by atoms with Gasteiger partial charge in [0.15, 0.2) is 17.3 Å². The van der Waals surface area contributed by atoms with Gasteiger partial charge >= 0.3 is 18.3 Å². The highest BCUT2D eigenvalue weighted by Crippen LogP contribution is 2.54. The number of carbonyl (C=O) groups is 8. The summed E-state index contributed by atoms with van der Waals surface area (Å²) in [4.78, 5) is 120. The Bertz CT molecular complexity index is 5220. The van der Waals surface area contributed by atoms with Crippen LogP contribution in [-0.2, 0) is 28.7 Å². The number of benzene rings is 8. The fourth-order valence-corrected chi connectivity index (χ4v) is 14.2. The van der Waals surface area contributed by atoms with E-state index in [4.69, 9.17) is 19.9 Å². The molecule has 0 bridgehead atoms. The van der Waals surface area contributed by atoms with Crippen molar-refractivity contribution in [2.24, 2.45) is 16.9 Å². The molecule has 0 saturated carbocycles. The zero-order valence-electron chi connectivity index (χ0n) is 68.2. The lowest BCUT2D eigenvalue weighted by Gasteiger charge is -2.45. The van der Waals surface area contributed by atoms with Crippen molar-refractivity contribution in [3.05, 3.63) is 264 Å². The lowest BCUT2D eigenvalue weighted by atomic mass is 9.84. The molecule has 0 aromatic heterocycles. The molecule has 6 heterocycles. The van der Waals surface area contributed by atoms with Crippen molar-refractivity contribution in [2.75, 3.05) is 87.1 Å². The number of nitrogens with two attached hydrogens (primary N) is 1. The summed E-state index contributed by atoms with van der Waals surface area (Å²) in [6.45, 7) is 16.3. The van der Waals surface area contributed by atoms with Crippen LogP contribution in [0.15, 0.2) is 169 Å². The number of anilines is 7. The number of nitro groups is 2. The summed E-state index contributed by atoms with van der Waals surface area (Å²) in [5.74, 6) is -6.18. The summed E-state index contributed by atoms with van der Waals surface area (Å²) in [7, 11) is 0. The number of fused-ring (bicyclic) bond motifs is 5. The second-order valence-corrected chi connectivity index (χ2v) is 33.0. The number of thioether (sulfide) groups is 1. The number of ketones is 3. The van der Waals surface area contributed by atoms with Crippen molar-refractivity contribution in [1.29, 1.82) is 0 Å². The van der Waals surface area contributed by atoms with Gasteiger partial charge in [-0.3, -0.25) is 64.3 Å². The topological polar surface area (TPSA) is 338 Å². The van der Waals surface area contributed by atoms with E-state index < -0.39 is 110 Å². The fraction of sp³-hybridized carbons (Fsp3) is 0.337. The Balaban J connectivity index is 0.000000188. The van der Waals surface area contributed by atoms with Gasteiger partial charge in [-0.25, -0.2) is 53.9 Å². The lowest BCUT2D eigenvalue weighted by Crippen LogP contribution is -2.54. The first-order valence-corrected chi connectivity index (χ1v) is 40.2. The Morgan fingerprint density at radius 2 is 1.00 bits per heavy atom. The number of hydrogen-bond acceptors (Lipinski definition) is 20. The molecule has 37 heteroatoms. The van der Waals surface area contributed by atoms with Crippen LogP contribution in [0.25, 0.3) is 0 Å². The van der Waals surface area contributed by atoms with Crippen molar-refractivity contribution >= 4 is 120 Å². The molecule has 14 rings (SSSR count). The van der Waals surface area contributed by atoms with E-state index in [9.17, 15) is 98.1 Å². The smallest absolute Gasteiger partial charge is 0.414 e. The van der Waals surface area contributed by atoms with E-state index in [1.54, 1.807) is 85.4 Å². The third-order valence-corrected chi connectivity index (χ3v) is 20.1. The van der Waals surface area contributed by atoms with Crippen LogP contribution in [0.1, 0.15) is 143 Å². The maximum absolute atomic E-state index is 14.5. The maximum atomic E-state index is 14.5. The molecule has 8 aromatic carbocycles. The normalized spacial score (nSPS) is 16.5. The number of alkyl halides is 1. The minimum absolute atomic E-state index is 0.00329. The second kappa shape index (κ2) is 42.4. The quantitative estimate of drug-likeness (QED) is 0.0178. The minimum atomic E-state index is -1.26. The number of nitrogen functional groups attached to an aromatic ring is 1. The first-order valence-electron chi connectivity index (χ1n) is 38.3. The predicted octanol–water partition coefficient (Wildman–Crippen LogP) is 18.5. The molecule has 1 saturated heterocycles. The van der Waals surface area contributed by atoms with E-state index in [1.165, 1.54) is 124 Å². The number of hydrazone groups is 1. The van der Waals surface area contributed by atoms with Crippen LogP contribution < -0.4 is 41.4 Å². The molecule has 5 N–H and O–H groups in total. The number of hydrogen-bond donors (Lipinski definition) is 4. The Morgan fingerprint density at radius 1 is 0.545 bits per heavy atom. The van der Waals surface area contributed by atoms with Crippen LogP contribution in [0, 0.1) is 84.4 Å². The molecule has 8 aromatic rings. The molecule has 1 fully saturated rings. The van der Waals surface area contributed by atoms with Crippen LogP contribution in [0.2, 0.25) is 0 Å². The minimum Gasteiger partial charge on any atom is -0.443 e. The van der Waals surface area contributed by atoms with E-state index in [0.29, 0.717) is 65.0 Å². The molecule has 6 aliphatic rings. The molecule has 123 heavy (non-hydrogen) atoms. The molecular weight excluding hydrogens is 1710 g/mol. The SMILES string of the molecule is CC(C)(C)OC(=O)N1CC(CC[N+](=O)[O-])C(=O)c2cc(F)ccc21.CC(C)(C)OC(=O)N1CC(CC[N+](=O)[O-])C2(NN=C(c3cc(F)ccc3F)S2)c2cc(F)ccc21.CC(C)(C)OC(=O)N1CCC(=O)c2cc(F)ccc21.Nc1ccc(F)cc1.O=C(CCBr)Nc1ccc(F)cc1.O=C1CCN1c1ccc(F)cc1.O=C1CCNc2ccc(F)cc21. The Kier molecular flexibility index (Phi) is 33.1. The van der Waals surface area contributed by atoms with Crippen LogP contribution in [0.3, 0.4) is 0 Å². The number of β-lactam (4-membered cyclic amide) rings is 1. The Hall–Kier alpha value is -12.4. The first kappa shape index (κ1) is 96.1. The summed E-state index contributed by atoms with van der Waals surface area (Å²) in [5, 5.41) is 32.4. The van der Waals surface area contributed by atoms with Crippen molar-refractivity contribution in [3.8, 4) is 0 Å². The number of ether oxygens (including phenoxy) is 3. The van der Waals surface area contributed by atoms with Crippen LogP contribution in [0.5, 0.6) is 0 Å². The molecular formula is C86H89BrF9N11O15S. The van der Waals surface area contributed by atoms with Crippen molar-refractivity contribution < 1.29 is 102 Å². The van der Waals surface area contributed by atoms with Gasteiger partial charge in [0.05, 0.1) is 17.1 Å². The number of carbonyl (C=O) groups excluding carboxylic acids is 8. The number of Topliss-reactive ketones (excluding diaryl/α,β-unsaturated/α-hetero) is 3. The average molecular weight is 1800 g/mol. The van der Waals surface area contributed by atoms with E-state index in [0.717, 1.165) is 66.1 Å². The number of nitrogens with zero attached hydrogens (tertiary/aromatic N) is 7. The van der Waals surface area contributed by atoms with Gasteiger partial charge in [-0.2, -0.15) is 5.10 Å². The molecule has 3 atom stereocenters. The molecule has 0 radical (unpaired) electrons. The van der Waals surface area contributed by atoms with Crippen LogP contribution in [0.4, 0.5) is 93.7 Å². The highest BCUT2D eigenvalue weighted by Gasteiger charge is 2.54. The highest BCUT2D eigenvalue weighted by atomic mass is 79.9. The zero-order valence-corrected chi connectivity index (χ0v) is 70.6. The van der Waals surface area contributed by atoms with Crippen molar-refractivity contribution in [3.63, 3.8) is 0 Å². The Labute approximate surface area is 714 Å². The first-order chi connectivity index (χ1) is 57.8. The fourth-order valence-electron chi connectivity index (χ4n) is 12.5. The standard InChI is InChI=1S/C23H23F3N4O4S.C16H19FN2O5.C14H16FNO3.C9H9BrFNO.2C9H8FNO.C6H6FN/c1-22(2,3)34-21(31)29-12-13(8-9-30(32)33)23(17-11-15(25)5-7-19(17)29)28-27-20(35-23)16-10-14(24)4-6-18(16)26;1-16(2,3)24-15(21)18-9-10(6-7-19(22)23)14(20)12-8-11(17)4-5-13(12)18;1-14(2,3)19-13(18)16-7-6-12(17)10-8-9(15)4-5-11(10)16;10-6-5-9(13)12-8-3-1-7(11)2-4-8;10-7-1-3-8(4-2-7)11-6-5-9(11)12;10-6-1-2-8-7(5-6)9(12)3-4-11-8;7-5-1-3-6(8)4-2-5/h4-7,10-11,13,28H,8-9,12H2,1-3H3;4-5,8,10H,6-7,9H2,1-3H3;4-5,8H,6-7H2,1-3H3;1-4H,5-6H2,(H,12,13);1-4H,5-6H2;1-2,5,11H,3-4H2;1-4H,8H2. The zero-order chi connectivity index (χ0) is 90.6. The predicted molar refractivity (Wildman–Crippen MR) is 450 cm³/mol. The lowest BCUT2D eigenvalue weighted by molar-refractivity contribution is -0.481. The van der Waals surface area contributed by atoms with Gasteiger partial charge in [0.1, 0.15) is 79.1 Å². The summed E-state index contributed by atoms with van der Waals surface area (Å²) >= 11 is 4.17. The molecule has 654 valence electrons. The van der Waals surface area contributed by atoms with Crippen molar-refractivity contribution in [1.82, 2.24) is 5.43 Å². The summed E-state index contributed by atoms with van der Waals surface area (Å²) in [5.41, 5.74) is 10.7. The van der Waals surface area contributed by atoms with Crippen molar-refractivity contribution in [2.45, 2.75) is 123 Å². The van der Waals surface area contributed by atoms with Gasteiger partial charge < -0.3 is 35.5 Å². The largest absolute Gasteiger partial charge is 0.443 e. The summed E-state index contributed by atoms with van der Waals surface area (Å²) < 4.78 is 135. The summed E-state index contributed by atoms with van der Waals surface area (Å²) in [6.07, 6.45) is -0.257. The third kappa shape index (κ3) is 27.8. The van der Waals surface area contributed by atoms with E-state index in [-0.39, 0.29) is 113 Å². The van der Waals surface area contributed by atoms with Gasteiger partial charge in [0, 0.05) is 149 Å². The van der Waals surface area contributed by atoms with Gasteiger partial charge in [-0.15, -0.1) is 0 Å². The van der Waals surface area contributed by atoms with E-state index in [1.807, 2.05) is 0 Å². The molecule has 3 unspecified atom stereocenters. The van der Waals surface area contributed by atoms with Gasteiger partial charge in [-0.05, 0) is 226 Å². The molecule has 6 aliphatic heterocycles. The van der Waals surface area contributed by atoms with Gasteiger partial charge in [0.25, 0.3) is 0 Å². The molecule has 1 spiro atoms. The molecule has 26 nitrogen and oxygen atoms in total. The molecule has 0 aliphatic carbocycles. The van der Waals surface area contributed by atoms with E-state index in [2.05, 4.69) is 37.1 Å². The second-order valence-electron chi connectivity index (χ2n) is 31.0. The van der Waals surface area contributed by atoms with Gasteiger partial charge in [0.2, 0.25) is 24.9 Å². The van der Waals surface area contributed by atoms with Gasteiger partial charge in [-0.1, -0.05) is 27.7 Å². The number of amides is 5. The van der Waals surface area contributed by atoms with E-state index >= 15 is 0 Å². The number of nitrogens with one attached hydrogen (secondary N) is 3. The average Bonchev–Trinajstić information content (AvgIpc) is 1.61. The highest BCUT2D eigenvalue weighted by molar-refractivity contribution is 9.09. The Morgan fingerprint density at radius 3 is 1.52 bits per heavy atom. The third-order valence-electron chi connectivity index (χ3n) is 18.2. The summed E-state index contributed by atoms with van der Waals surface area (Å²) in [6, 6.07) is 35.7. The number of rotatable bonds is 11.